The van der Waals surface area contributed by atoms with Crippen LogP contribution in [0.4, 0.5) is 0 Å². The van der Waals surface area contributed by atoms with Gasteiger partial charge in [-0.15, -0.1) is 0 Å². The minimum absolute atomic E-state index is 0.0139. The van der Waals surface area contributed by atoms with Crippen LogP contribution in [0.3, 0.4) is 0 Å². The number of hydrogen-bond donors (Lipinski definition) is 1. The second-order valence-corrected chi connectivity index (χ2v) is 6.67. The minimum Gasteiger partial charge on any atom is -0.481 e. The van der Waals surface area contributed by atoms with E-state index in [1.165, 1.54) is 0 Å². The molecule has 6 heteroatoms. The molecule has 132 valence electrons. The third-order valence-electron chi connectivity index (χ3n) is 4.46. The van der Waals surface area contributed by atoms with Crippen LogP contribution >= 0.6 is 0 Å². The number of nitrogens with zero attached hydrogens (tertiary/aromatic N) is 2. The van der Waals surface area contributed by atoms with Gasteiger partial charge in [0.15, 0.2) is 0 Å². The molecular weight excluding hydrogens is 296 g/mol. The third-order valence-corrected chi connectivity index (χ3v) is 4.46. The second kappa shape index (κ2) is 8.89. The number of likely N-dealkylation sites (tertiary alicyclic amines) is 1. The summed E-state index contributed by atoms with van der Waals surface area (Å²) in [6.07, 6.45) is 3.47. The first-order valence-corrected chi connectivity index (χ1v) is 8.63. The molecule has 1 atom stereocenters. The van der Waals surface area contributed by atoms with Gasteiger partial charge in [0.1, 0.15) is 0 Å². The summed E-state index contributed by atoms with van der Waals surface area (Å²) in [4.78, 5) is 39.3. The Morgan fingerprint density at radius 3 is 2.26 bits per heavy atom. The lowest BCUT2D eigenvalue weighted by atomic mass is 9.82. The highest BCUT2D eigenvalue weighted by molar-refractivity contribution is 5.84. The molecule has 0 saturated carbocycles. The fourth-order valence-corrected chi connectivity index (χ4v) is 3.06. The average molecular weight is 326 g/mol. The molecule has 0 aromatic rings. The van der Waals surface area contributed by atoms with E-state index < -0.39 is 11.4 Å². The number of piperidine rings is 1. The molecule has 1 aliphatic rings. The lowest BCUT2D eigenvalue weighted by Gasteiger charge is -2.37. The van der Waals surface area contributed by atoms with E-state index in [1.54, 1.807) is 11.8 Å². The molecular formula is C17H30N2O4. The average Bonchev–Trinajstić information content (AvgIpc) is 2.52. The van der Waals surface area contributed by atoms with Crippen molar-refractivity contribution in [2.45, 2.75) is 59.3 Å². The number of rotatable bonds is 8. The van der Waals surface area contributed by atoms with Gasteiger partial charge in [0.2, 0.25) is 11.8 Å². The van der Waals surface area contributed by atoms with Crippen LogP contribution in [-0.2, 0) is 14.4 Å². The number of carboxylic acid groups (broad SMARTS) is 1. The molecule has 1 heterocycles. The van der Waals surface area contributed by atoms with Crippen molar-refractivity contribution in [1.82, 2.24) is 9.80 Å². The Morgan fingerprint density at radius 2 is 1.74 bits per heavy atom. The van der Waals surface area contributed by atoms with Crippen molar-refractivity contribution in [3.8, 4) is 0 Å². The lowest BCUT2D eigenvalue weighted by molar-refractivity contribution is -0.154. The summed E-state index contributed by atoms with van der Waals surface area (Å²) in [5, 5.41) is 9.31. The van der Waals surface area contributed by atoms with Crippen molar-refractivity contribution in [3.05, 3.63) is 0 Å². The number of aliphatic carboxylic acids is 1. The summed E-state index contributed by atoms with van der Waals surface area (Å²) in [5.74, 6) is -0.957. The Labute approximate surface area is 138 Å². The van der Waals surface area contributed by atoms with E-state index in [-0.39, 0.29) is 31.2 Å². The summed E-state index contributed by atoms with van der Waals surface area (Å²) in [7, 11) is 0. The maximum absolute atomic E-state index is 12.3. The van der Waals surface area contributed by atoms with Gasteiger partial charge in [-0.25, -0.2) is 0 Å². The molecule has 1 aliphatic heterocycles. The first-order chi connectivity index (χ1) is 10.8. The lowest BCUT2D eigenvalue weighted by Crippen LogP contribution is -2.48. The van der Waals surface area contributed by atoms with Gasteiger partial charge in [0.25, 0.3) is 0 Å². The maximum atomic E-state index is 12.3. The van der Waals surface area contributed by atoms with Gasteiger partial charge in [0.05, 0.1) is 5.41 Å². The van der Waals surface area contributed by atoms with Gasteiger partial charge >= 0.3 is 5.97 Å². The summed E-state index contributed by atoms with van der Waals surface area (Å²) in [5.41, 5.74) is -0.867. The molecule has 1 rings (SSSR count). The largest absolute Gasteiger partial charge is 0.481 e. The van der Waals surface area contributed by atoms with Crippen molar-refractivity contribution < 1.29 is 19.5 Å². The van der Waals surface area contributed by atoms with Crippen molar-refractivity contribution >= 4 is 17.8 Å². The first kappa shape index (κ1) is 19.5. The minimum atomic E-state index is -0.867. The fraction of sp³-hybridized carbons (Fsp3) is 0.824. The summed E-state index contributed by atoms with van der Waals surface area (Å²) in [6, 6.07) is 0. The van der Waals surface area contributed by atoms with E-state index in [2.05, 4.69) is 0 Å². The summed E-state index contributed by atoms with van der Waals surface area (Å²) >= 11 is 0. The van der Waals surface area contributed by atoms with E-state index >= 15 is 0 Å². The van der Waals surface area contributed by atoms with Crippen molar-refractivity contribution in [2.75, 3.05) is 26.2 Å². The topological polar surface area (TPSA) is 77.9 Å². The number of hydrogen-bond acceptors (Lipinski definition) is 3. The van der Waals surface area contributed by atoms with E-state index in [1.807, 2.05) is 18.7 Å². The van der Waals surface area contributed by atoms with Crippen LogP contribution in [0.2, 0.25) is 0 Å². The standard InChI is InChI=1S/C17H30N2O4/c1-4-10-18(11-5-2)14(20)7-8-15(21)19-12-6-9-17(3,13-19)16(22)23/h4-13H2,1-3H3,(H,22,23). The highest BCUT2D eigenvalue weighted by Crippen LogP contribution is 2.30. The Balaban J connectivity index is 2.52. The van der Waals surface area contributed by atoms with Gasteiger partial charge in [-0.2, -0.15) is 0 Å². The van der Waals surface area contributed by atoms with Gasteiger partial charge in [0, 0.05) is 39.0 Å². The predicted molar refractivity (Wildman–Crippen MR) is 88.0 cm³/mol. The molecule has 23 heavy (non-hydrogen) atoms. The first-order valence-electron chi connectivity index (χ1n) is 8.63. The fourth-order valence-electron chi connectivity index (χ4n) is 3.06. The summed E-state index contributed by atoms with van der Waals surface area (Å²) < 4.78 is 0. The molecule has 6 nitrogen and oxygen atoms in total. The predicted octanol–water partition coefficient (Wildman–Crippen LogP) is 2.13. The number of amides is 2. The van der Waals surface area contributed by atoms with Crippen LogP contribution in [0, 0.1) is 5.41 Å². The zero-order valence-corrected chi connectivity index (χ0v) is 14.6. The van der Waals surface area contributed by atoms with E-state index in [0.29, 0.717) is 19.4 Å². The molecule has 1 saturated heterocycles. The number of carboxylic acids is 1. The van der Waals surface area contributed by atoms with Crippen LogP contribution in [0.15, 0.2) is 0 Å². The third kappa shape index (κ3) is 5.52. The van der Waals surface area contributed by atoms with Crippen LogP contribution in [0.1, 0.15) is 59.3 Å². The normalized spacial score (nSPS) is 21.1. The number of carbonyl (C=O) groups excluding carboxylic acids is 2. The van der Waals surface area contributed by atoms with E-state index in [9.17, 15) is 19.5 Å². The molecule has 0 bridgehead atoms. The number of carbonyl (C=O) groups is 3. The zero-order chi connectivity index (χ0) is 17.5. The van der Waals surface area contributed by atoms with Gasteiger partial charge in [-0.05, 0) is 32.6 Å². The monoisotopic (exact) mass is 326 g/mol. The van der Waals surface area contributed by atoms with Gasteiger partial charge in [-0.3, -0.25) is 14.4 Å². The molecule has 2 amide bonds. The molecule has 0 spiro atoms. The van der Waals surface area contributed by atoms with E-state index in [0.717, 1.165) is 25.9 Å². The zero-order valence-electron chi connectivity index (χ0n) is 14.6. The van der Waals surface area contributed by atoms with Gasteiger partial charge in [-0.1, -0.05) is 13.8 Å². The molecule has 1 N–H and O–H groups in total. The molecule has 0 aromatic carbocycles. The van der Waals surface area contributed by atoms with Crippen LogP contribution < -0.4 is 0 Å². The Hall–Kier alpha value is -1.59. The Morgan fingerprint density at radius 1 is 1.13 bits per heavy atom. The molecule has 1 fully saturated rings. The molecule has 0 aromatic heterocycles. The van der Waals surface area contributed by atoms with Crippen molar-refractivity contribution in [3.63, 3.8) is 0 Å². The quantitative estimate of drug-likeness (QED) is 0.741. The Kier molecular flexibility index (Phi) is 7.52. The van der Waals surface area contributed by atoms with Crippen LogP contribution in [-0.4, -0.2) is 58.9 Å². The van der Waals surface area contributed by atoms with Crippen LogP contribution in [0.5, 0.6) is 0 Å². The van der Waals surface area contributed by atoms with Crippen LogP contribution in [0.25, 0.3) is 0 Å². The van der Waals surface area contributed by atoms with Crippen molar-refractivity contribution in [2.24, 2.45) is 5.41 Å². The highest BCUT2D eigenvalue weighted by atomic mass is 16.4. The molecule has 0 radical (unpaired) electrons. The smallest absolute Gasteiger partial charge is 0.311 e. The van der Waals surface area contributed by atoms with Crippen molar-refractivity contribution in [1.29, 1.82) is 0 Å². The van der Waals surface area contributed by atoms with Gasteiger partial charge < -0.3 is 14.9 Å². The molecule has 1 unspecified atom stereocenters. The maximum Gasteiger partial charge on any atom is 0.311 e. The second-order valence-electron chi connectivity index (χ2n) is 6.67. The van der Waals surface area contributed by atoms with E-state index in [4.69, 9.17) is 0 Å². The SMILES string of the molecule is CCCN(CCC)C(=O)CCC(=O)N1CCCC(C)(C(=O)O)C1. The Bertz CT molecular complexity index is 432. The highest BCUT2D eigenvalue weighted by Gasteiger charge is 2.39. The molecule has 0 aliphatic carbocycles. The summed E-state index contributed by atoms with van der Waals surface area (Å²) in [6.45, 7) is 8.02.